The third kappa shape index (κ3) is 5.22. The van der Waals surface area contributed by atoms with Gasteiger partial charge in [0.05, 0.1) is 0 Å². The summed E-state index contributed by atoms with van der Waals surface area (Å²) in [5.74, 6) is 0.0761. The SMILES string of the molecule is Cc1cccc(NC(=O)Cn2cnc3nc(N4CCC(C(=O)N5CCCCC5)CC4)sc3c2=O)c1. The quantitative estimate of drug-likeness (QED) is 0.585. The van der Waals surface area contributed by atoms with E-state index in [1.54, 1.807) is 0 Å². The molecule has 0 saturated carbocycles. The molecule has 3 aromatic rings. The molecule has 2 aliphatic rings. The highest BCUT2D eigenvalue weighted by molar-refractivity contribution is 7.22. The number of benzene rings is 1. The fraction of sp³-hybridized carbons (Fsp3) is 0.480. The Hall–Kier alpha value is -3.27. The Morgan fingerprint density at radius 1 is 1.11 bits per heavy atom. The first-order chi connectivity index (χ1) is 17.0. The van der Waals surface area contributed by atoms with Crippen LogP contribution in [0.4, 0.5) is 10.8 Å². The number of carbonyl (C=O) groups is 2. The van der Waals surface area contributed by atoms with E-state index >= 15 is 0 Å². The van der Waals surface area contributed by atoms with E-state index in [1.165, 1.54) is 28.7 Å². The fourth-order valence-electron chi connectivity index (χ4n) is 4.85. The molecule has 10 heteroatoms. The molecular formula is C25H30N6O3S. The van der Waals surface area contributed by atoms with Gasteiger partial charge in [-0.15, -0.1) is 0 Å². The number of anilines is 2. The third-order valence-electron chi connectivity index (χ3n) is 6.77. The van der Waals surface area contributed by atoms with Gasteiger partial charge in [0.25, 0.3) is 5.56 Å². The number of rotatable bonds is 5. The van der Waals surface area contributed by atoms with Gasteiger partial charge in [0.1, 0.15) is 17.6 Å². The molecule has 0 spiro atoms. The summed E-state index contributed by atoms with van der Waals surface area (Å²) < 4.78 is 1.76. The van der Waals surface area contributed by atoms with Crippen LogP contribution in [0, 0.1) is 12.8 Å². The Balaban J connectivity index is 1.24. The van der Waals surface area contributed by atoms with Crippen molar-refractivity contribution >= 4 is 44.3 Å². The Bertz CT molecular complexity index is 1290. The molecule has 5 rings (SSSR count). The maximum Gasteiger partial charge on any atom is 0.273 e. The third-order valence-corrected chi connectivity index (χ3v) is 7.86. The highest BCUT2D eigenvalue weighted by Crippen LogP contribution is 2.30. The predicted molar refractivity (Wildman–Crippen MR) is 137 cm³/mol. The molecule has 2 saturated heterocycles. The van der Waals surface area contributed by atoms with Crippen LogP contribution in [-0.2, 0) is 16.1 Å². The molecule has 0 aliphatic carbocycles. The van der Waals surface area contributed by atoms with Gasteiger partial charge in [-0.3, -0.25) is 19.0 Å². The minimum absolute atomic E-state index is 0.0704. The van der Waals surface area contributed by atoms with Gasteiger partial charge in [-0.05, 0) is 56.7 Å². The molecule has 0 radical (unpaired) electrons. The van der Waals surface area contributed by atoms with E-state index in [0.29, 0.717) is 21.9 Å². The number of piperidine rings is 2. The van der Waals surface area contributed by atoms with Crippen molar-refractivity contribution in [2.45, 2.75) is 45.6 Å². The Labute approximate surface area is 207 Å². The van der Waals surface area contributed by atoms with E-state index in [9.17, 15) is 14.4 Å². The summed E-state index contributed by atoms with van der Waals surface area (Å²) >= 11 is 1.31. The maximum absolute atomic E-state index is 13.0. The maximum atomic E-state index is 13.0. The molecule has 1 aromatic carbocycles. The van der Waals surface area contributed by atoms with Crippen LogP contribution in [0.2, 0.25) is 0 Å². The minimum atomic E-state index is -0.288. The number of amides is 2. The highest BCUT2D eigenvalue weighted by Gasteiger charge is 2.30. The van der Waals surface area contributed by atoms with Crippen LogP contribution in [0.25, 0.3) is 10.3 Å². The number of aryl methyl sites for hydroxylation is 1. The fourth-order valence-corrected chi connectivity index (χ4v) is 5.87. The van der Waals surface area contributed by atoms with E-state index in [-0.39, 0.29) is 23.9 Å². The number of carbonyl (C=O) groups excluding carboxylic acids is 2. The number of likely N-dealkylation sites (tertiary alicyclic amines) is 1. The van der Waals surface area contributed by atoms with Crippen molar-refractivity contribution in [1.82, 2.24) is 19.4 Å². The van der Waals surface area contributed by atoms with Gasteiger partial charge in [0.15, 0.2) is 10.8 Å². The highest BCUT2D eigenvalue weighted by atomic mass is 32.1. The van der Waals surface area contributed by atoms with Crippen LogP contribution >= 0.6 is 11.3 Å². The smallest absolute Gasteiger partial charge is 0.273 e. The van der Waals surface area contributed by atoms with Crippen molar-refractivity contribution in [1.29, 1.82) is 0 Å². The summed E-state index contributed by atoms with van der Waals surface area (Å²) in [6.45, 7) is 5.07. The Morgan fingerprint density at radius 3 is 2.63 bits per heavy atom. The number of fused-ring (bicyclic) bond motifs is 1. The lowest BCUT2D eigenvalue weighted by Crippen LogP contribution is -2.44. The lowest BCUT2D eigenvalue weighted by atomic mass is 9.94. The lowest BCUT2D eigenvalue weighted by molar-refractivity contribution is -0.137. The van der Waals surface area contributed by atoms with Crippen LogP contribution in [-0.4, -0.2) is 57.4 Å². The topological polar surface area (TPSA) is 100 Å². The Morgan fingerprint density at radius 2 is 1.89 bits per heavy atom. The number of aromatic nitrogens is 3. The van der Waals surface area contributed by atoms with Gasteiger partial charge in [-0.25, -0.2) is 4.98 Å². The van der Waals surface area contributed by atoms with E-state index in [0.717, 1.165) is 62.6 Å². The zero-order chi connectivity index (χ0) is 24.4. The summed E-state index contributed by atoms with van der Waals surface area (Å²) in [7, 11) is 0. The second kappa shape index (κ2) is 10.2. The van der Waals surface area contributed by atoms with Crippen molar-refractivity contribution in [3.63, 3.8) is 0 Å². The van der Waals surface area contributed by atoms with Crippen molar-refractivity contribution in [3.05, 3.63) is 46.5 Å². The number of hydrogen-bond acceptors (Lipinski definition) is 7. The first kappa shape index (κ1) is 23.5. The molecule has 1 N–H and O–H groups in total. The molecule has 0 unspecified atom stereocenters. The normalized spacial score (nSPS) is 17.1. The monoisotopic (exact) mass is 494 g/mol. The second-order valence-electron chi connectivity index (χ2n) is 9.39. The van der Waals surface area contributed by atoms with Gasteiger partial charge in [-0.2, -0.15) is 4.98 Å². The number of hydrogen-bond donors (Lipinski definition) is 1. The average Bonchev–Trinajstić information content (AvgIpc) is 3.31. The van der Waals surface area contributed by atoms with Crippen molar-refractivity contribution in [2.75, 3.05) is 36.4 Å². The van der Waals surface area contributed by atoms with Crippen LogP contribution in [0.1, 0.15) is 37.7 Å². The first-order valence-corrected chi connectivity index (χ1v) is 13.1. The number of thiazole rings is 1. The molecule has 2 fully saturated rings. The summed E-state index contributed by atoms with van der Waals surface area (Å²) in [6.07, 6.45) is 6.40. The van der Waals surface area contributed by atoms with Crippen LogP contribution in [0.3, 0.4) is 0 Å². The summed E-state index contributed by atoms with van der Waals surface area (Å²) in [5.41, 5.74) is 1.87. The van der Waals surface area contributed by atoms with Gasteiger partial charge in [-0.1, -0.05) is 23.5 Å². The molecule has 2 aromatic heterocycles. The second-order valence-corrected chi connectivity index (χ2v) is 10.4. The molecule has 9 nitrogen and oxygen atoms in total. The van der Waals surface area contributed by atoms with Crippen molar-refractivity contribution in [2.24, 2.45) is 5.92 Å². The van der Waals surface area contributed by atoms with Gasteiger partial charge in [0.2, 0.25) is 11.8 Å². The van der Waals surface area contributed by atoms with Crippen LogP contribution in [0.5, 0.6) is 0 Å². The van der Waals surface area contributed by atoms with Crippen molar-refractivity contribution < 1.29 is 9.59 Å². The first-order valence-electron chi connectivity index (χ1n) is 12.2. The molecule has 0 bridgehead atoms. The van der Waals surface area contributed by atoms with Crippen LogP contribution in [0.15, 0.2) is 35.4 Å². The number of nitrogens with one attached hydrogen (secondary N) is 1. The van der Waals surface area contributed by atoms with Gasteiger partial charge < -0.3 is 15.1 Å². The summed E-state index contributed by atoms with van der Waals surface area (Å²) in [6, 6.07) is 7.51. The largest absolute Gasteiger partial charge is 0.348 e. The van der Waals surface area contributed by atoms with E-state index in [1.807, 2.05) is 36.1 Å². The van der Waals surface area contributed by atoms with Gasteiger partial charge in [0, 0.05) is 37.8 Å². The van der Waals surface area contributed by atoms with Crippen LogP contribution < -0.4 is 15.8 Å². The minimum Gasteiger partial charge on any atom is -0.348 e. The zero-order valence-corrected chi connectivity index (χ0v) is 20.7. The molecule has 4 heterocycles. The van der Waals surface area contributed by atoms with E-state index < -0.39 is 0 Å². The lowest BCUT2D eigenvalue weighted by Gasteiger charge is -2.35. The van der Waals surface area contributed by atoms with Crippen molar-refractivity contribution in [3.8, 4) is 0 Å². The molecule has 0 atom stereocenters. The van der Waals surface area contributed by atoms with E-state index in [2.05, 4.69) is 20.2 Å². The van der Waals surface area contributed by atoms with Gasteiger partial charge >= 0.3 is 0 Å². The standard InChI is InChI=1S/C25H30N6O3S/c1-17-6-5-7-19(14-17)27-20(32)15-31-16-26-22-21(24(31)34)35-25(28-22)30-12-8-18(9-13-30)23(33)29-10-3-2-4-11-29/h5-7,14,16,18H,2-4,8-13,15H2,1H3,(H,27,32). The Kier molecular flexibility index (Phi) is 6.81. The summed E-state index contributed by atoms with van der Waals surface area (Å²) in [4.78, 5) is 51.4. The average molecular weight is 495 g/mol. The number of nitrogens with zero attached hydrogens (tertiary/aromatic N) is 5. The summed E-state index contributed by atoms with van der Waals surface area (Å²) in [5, 5.41) is 3.57. The molecule has 2 aliphatic heterocycles. The van der Waals surface area contributed by atoms with E-state index in [4.69, 9.17) is 0 Å². The molecule has 2 amide bonds. The molecular weight excluding hydrogens is 464 g/mol. The molecule has 35 heavy (non-hydrogen) atoms. The zero-order valence-electron chi connectivity index (χ0n) is 19.9. The predicted octanol–water partition coefficient (Wildman–Crippen LogP) is 3.03. The molecule has 184 valence electrons.